The molecule has 2 unspecified atom stereocenters. The van der Waals surface area contributed by atoms with E-state index in [4.69, 9.17) is 18.9 Å². The van der Waals surface area contributed by atoms with Crippen molar-refractivity contribution in [1.82, 2.24) is 0 Å². The van der Waals surface area contributed by atoms with Gasteiger partial charge in [-0.3, -0.25) is 19.2 Å². The fraction of sp³-hybridized carbons (Fsp3) is 0.529. The Balaban J connectivity index is 1.68. The van der Waals surface area contributed by atoms with Crippen LogP contribution in [0.4, 0.5) is 0 Å². The predicted molar refractivity (Wildman–Crippen MR) is 162 cm³/mol. The average Bonchev–Trinajstić information content (AvgIpc) is 2.93. The Morgan fingerprint density at radius 2 is 1.58 bits per heavy atom. The molecule has 1 N–H and O–H groups in total. The molecular formula is C34H44O9. The lowest BCUT2D eigenvalue weighted by Gasteiger charge is -2.36. The third kappa shape index (κ3) is 8.58. The highest BCUT2D eigenvalue weighted by atomic mass is 16.5. The van der Waals surface area contributed by atoms with Crippen LogP contribution in [0.5, 0.6) is 23.0 Å². The van der Waals surface area contributed by atoms with Crippen molar-refractivity contribution in [2.75, 3.05) is 13.2 Å². The maximum absolute atomic E-state index is 13.2. The molecule has 1 heterocycles. The standard InChI is InChI=1S/C34H44O9/c1-7-10-26-30(14-12-24(21(3)35)32(26)39)40-18-9-19-41-31-15-13-25-29(38)20-34(6,43-33(25)27(31)11-8-2)17-16-28(37)22(4)42-23(5)36/h12-15,22,39H,7-11,16-20H2,1-6H3. The minimum absolute atomic E-state index is 0.0221. The molecule has 43 heavy (non-hydrogen) atoms. The molecule has 2 atom stereocenters. The molecular weight excluding hydrogens is 552 g/mol. The summed E-state index contributed by atoms with van der Waals surface area (Å²) >= 11 is 0. The minimum Gasteiger partial charge on any atom is -0.507 e. The van der Waals surface area contributed by atoms with Crippen LogP contribution in [0.2, 0.25) is 0 Å². The molecule has 9 nitrogen and oxygen atoms in total. The number of benzene rings is 2. The van der Waals surface area contributed by atoms with Crippen LogP contribution in [0, 0.1) is 0 Å². The monoisotopic (exact) mass is 596 g/mol. The first kappa shape index (κ1) is 33.6. The van der Waals surface area contributed by atoms with Gasteiger partial charge in [-0.05, 0) is 64.3 Å². The molecule has 0 fully saturated rings. The molecule has 0 bridgehead atoms. The average molecular weight is 597 g/mol. The predicted octanol–water partition coefficient (Wildman–Crippen LogP) is 6.37. The van der Waals surface area contributed by atoms with Crippen molar-refractivity contribution >= 4 is 23.3 Å². The van der Waals surface area contributed by atoms with Crippen molar-refractivity contribution in [2.45, 2.75) is 105 Å². The van der Waals surface area contributed by atoms with Gasteiger partial charge in [-0.15, -0.1) is 0 Å². The summed E-state index contributed by atoms with van der Waals surface area (Å²) in [5, 5.41) is 10.6. The maximum Gasteiger partial charge on any atom is 0.303 e. The first-order valence-electron chi connectivity index (χ1n) is 15.1. The molecule has 0 saturated carbocycles. The van der Waals surface area contributed by atoms with Crippen LogP contribution >= 0.6 is 0 Å². The van der Waals surface area contributed by atoms with E-state index in [1.165, 1.54) is 13.8 Å². The Morgan fingerprint density at radius 1 is 0.977 bits per heavy atom. The lowest BCUT2D eigenvalue weighted by Crippen LogP contribution is -2.40. The highest BCUT2D eigenvalue weighted by molar-refractivity contribution is 6.01. The normalized spacial score (nSPS) is 16.6. The maximum atomic E-state index is 13.2. The van der Waals surface area contributed by atoms with Gasteiger partial charge in [0, 0.05) is 30.9 Å². The molecule has 0 saturated heterocycles. The summed E-state index contributed by atoms with van der Waals surface area (Å²) in [6.45, 7) is 10.8. The van der Waals surface area contributed by atoms with Crippen LogP contribution in [0.3, 0.4) is 0 Å². The van der Waals surface area contributed by atoms with Gasteiger partial charge >= 0.3 is 5.97 Å². The fourth-order valence-corrected chi connectivity index (χ4v) is 5.28. The molecule has 0 aliphatic carbocycles. The van der Waals surface area contributed by atoms with Crippen molar-refractivity contribution in [2.24, 2.45) is 0 Å². The van der Waals surface area contributed by atoms with Crippen LogP contribution in [0.1, 0.15) is 112 Å². The zero-order valence-corrected chi connectivity index (χ0v) is 26.2. The largest absolute Gasteiger partial charge is 0.507 e. The Bertz CT molecular complexity index is 1350. The Hall–Kier alpha value is -3.88. The number of carbonyl (C=O) groups excluding carboxylic acids is 4. The van der Waals surface area contributed by atoms with Crippen molar-refractivity contribution in [1.29, 1.82) is 0 Å². The Kier molecular flexibility index (Phi) is 11.7. The summed E-state index contributed by atoms with van der Waals surface area (Å²) in [5.74, 6) is 0.672. The molecule has 0 amide bonds. The second kappa shape index (κ2) is 15.0. The van der Waals surface area contributed by atoms with Crippen LogP contribution in [-0.2, 0) is 27.2 Å². The van der Waals surface area contributed by atoms with E-state index < -0.39 is 17.7 Å². The lowest BCUT2D eigenvalue weighted by molar-refractivity contribution is -0.152. The highest BCUT2D eigenvalue weighted by Crippen LogP contribution is 2.42. The quantitative estimate of drug-likeness (QED) is 0.134. The number of carbonyl (C=O) groups is 4. The number of Topliss-reactive ketones (excluding diaryl/α,β-unsaturated/α-hetero) is 3. The van der Waals surface area contributed by atoms with Gasteiger partial charge in [-0.2, -0.15) is 0 Å². The van der Waals surface area contributed by atoms with Crippen molar-refractivity contribution in [3.05, 3.63) is 46.5 Å². The zero-order valence-electron chi connectivity index (χ0n) is 26.2. The van der Waals surface area contributed by atoms with Gasteiger partial charge in [0.15, 0.2) is 23.5 Å². The van der Waals surface area contributed by atoms with Gasteiger partial charge in [-0.1, -0.05) is 26.7 Å². The van der Waals surface area contributed by atoms with Gasteiger partial charge in [0.2, 0.25) is 0 Å². The molecule has 234 valence electrons. The van der Waals surface area contributed by atoms with Gasteiger partial charge in [0.05, 0.1) is 30.8 Å². The topological polar surface area (TPSA) is 125 Å². The van der Waals surface area contributed by atoms with E-state index in [9.17, 15) is 24.3 Å². The number of ketones is 3. The molecule has 3 rings (SSSR count). The molecule has 1 aliphatic rings. The van der Waals surface area contributed by atoms with Gasteiger partial charge in [-0.25, -0.2) is 0 Å². The molecule has 9 heteroatoms. The summed E-state index contributed by atoms with van der Waals surface area (Å²) in [6, 6.07) is 6.84. The highest BCUT2D eigenvalue weighted by Gasteiger charge is 2.39. The van der Waals surface area contributed by atoms with Gasteiger partial charge < -0.3 is 24.1 Å². The van der Waals surface area contributed by atoms with Gasteiger partial charge in [0.1, 0.15) is 28.6 Å². The summed E-state index contributed by atoms with van der Waals surface area (Å²) < 4.78 is 23.6. The summed E-state index contributed by atoms with van der Waals surface area (Å²) in [4.78, 5) is 48.7. The smallest absolute Gasteiger partial charge is 0.303 e. The van der Waals surface area contributed by atoms with E-state index >= 15 is 0 Å². The number of aromatic hydroxyl groups is 1. The molecule has 2 aromatic carbocycles. The van der Waals surface area contributed by atoms with E-state index in [2.05, 4.69) is 0 Å². The van der Waals surface area contributed by atoms with Crippen LogP contribution in [0.15, 0.2) is 24.3 Å². The van der Waals surface area contributed by atoms with Crippen molar-refractivity contribution < 1.29 is 43.2 Å². The van der Waals surface area contributed by atoms with Gasteiger partial charge in [0.25, 0.3) is 0 Å². The Morgan fingerprint density at radius 3 is 2.19 bits per heavy atom. The SMILES string of the molecule is CCCc1c(OCCCOc2ccc3c(c2CCC)OC(C)(CCC(=O)C(C)OC(C)=O)CC3=O)ccc(C(C)=O)c1O. The number of phenolic OH excluding ortho intramolecular Hbond substituents is 1. The summed E-state index contributed by atoms with van der Waals surface area (Å²) in [5.41, 5.74) is 1.35. The molecule has 0 radical (unpaired) electrons. The van der Waals surface area contributed by atoms with E-state index in [-0.39, 0.29) is 41.5 Å². The summed E-state index contributed by atoms with van der Waals surface area (Å²) in [6.07, 6.45) is 3.10. The summed E-state index contributed by atoms with van der Waals surface area (Å²) in [7, 11) is 0. The zero-order chi connectivity index (χ0) is 31.7. The number of hydrogen-bond acceptors (Lipinski definition) is 9. The van der Waals surface area contributed by atoms with Crippen LogP contribution in [-0.4, -0.2) is 53.3 Å². The van der Waals surface area contributed by atoms with Crippen molar-refractivity contribution in [3.63, 3.8) is 0 Å². The third-order valence-electron chi connectivity index (χ3n) is 7.52. The van der Waals surface area contributed by atoms with Crippen LogP contribution in [0.25, 0.3) is 0 Å². The van der Waals surface area contributed by atoms with E-state index in [1.54, 1.807) is 31.2 Å². The van der Waals surface area contributed by atoms with E-state index in [1.807, 2.05) is 20.8 Å². The van der Waals surface area contributed by atoms with Crippen LogP contribution < -0.4 is 14.2 Å². The number of fused-ring (bicyclic) bond motifs is 1. The number of phenols is 1. The number of hydrogen-bond donors (Lipinski definition) is 1. The first-order valence-corrected chi connectivity index (χ1v) is 15.1. The number of esters is 1. The Labute approximate surface area is 253 Å². The second-order valence-electron chi connectivity index (χ2n) is 11.3. The molecule has 1 aliphatic heterocycles. The van der Waals surface area contributed by atoms with E-state index in [0.29, 0.717) is 67.3 Å². The first-order chi connectivity index (χ1) is 20.4. The fourth-order valence-electron chi connectivity index (χ4n) is 5.28. The number of ether oxygens (including phenoxy) is 4. The molecule has 0 aromatic heterocycles. The number of rotatable bonds is 16. The minimum atomic E-state index is -0.885. The molecule has 0 spiro atoms. The lowest BCUT2D eigenvalue weighted by atomic mass is 9.85. The molecule has 2 aromatic rings. The third-order valence-corrected chi connectivity index (χ3v) is 7.52. The second-order valence-corrected chi connectivity index (χ2v) is 11.3. The van der Waals surface area contributed by atoms with Crippen molar-refractivity contribution in [3.8, 4) is 23.0 Å². The van der Waals surface area contributed by atoms with E-state index in [0.717, 1.165) is 18.4 Å².